The average molecular weight is 508 g/mol. The third kappa shape index (κ3) is 11.6. The van der Waals surface area contributed by atoms with E-state index in [1.54, 1.807) is 11.1 Å². The van der Waals surface area contributed by atoms with Crippen LogP contribution in [-0.4, -0.2) is 32.3 Å². The van der Waals surface area contributed by atoms with Crippen molar-refractivity contribution in [3.63, 3.8) is 0 Å². The molecule has 146 valence electrons. The Kier molecular flexibility index (Phi) is 12.1. The van der Waals surface area contributed by atoms with Crippen molar-refractivity contribution in [2.75, 3.05) is 0 Å². The Labute approximate surface area is 196 Å². The van der Waals surface area contributed by atoms with Crippen LogP contribution < -0.4 is 0 Å². The molecule has 2 saturated carbocycles. The van der Waals surface area contributed by atoms with E-state index in [9.17, 15) is 0 Å². The van der Waals surface area contributed by atoms with E-state index >= 15 is 0 Å². The Morgan fingerprint density at radius 3 is 0.889 bits per heavy atom. The van der Waals surface area contributed by atoms with Crippen LogP contribution in [0.25, 0.3) is 0 Å². The van der Waals surface area contributed by atoms with Gasteiger partial charge in [0.1, 0.15) is 0 Å². The minimum Gasteiger partial charge on any atom is -0.326 e. The second kappa shape index (κ2) is 11.4. The van der Waals surface area contributed by atoms with E-state index in [2.05, 4.69) is 128 Å². The molecule has 0 aliphatic heterocycles. The Morgan fingerprint density at radius 2 is 0.704 bits per heavy atom. The predicted molar refractivity (Wildman–Crippen MR) is 131 cm³/mol. The Balaban J connectivity index is 0.000000483. The van der Waals surface area contributed by atoms with Gasteiger partial charge >= 0.3 is 26.2 Å². The second-order valence-electron chi connectivity index (χ2n) is 10.8. The van der Waals surface area contributed by atoms with E-state index in [0.29, 0.717) is 0 Å². The summed E-state index contributed by atoms with van der Waals surface area (Å²) in [5.74, 6) is 0. The van der Waals surface area contributed by atoms with Crippen LogP contribution in [0.4, 0.5) is 0 Å². The monoisotopic (exact) mass is 506 g/mol. The Hall–Kier alpha value is 1.75. The van der Waals surface area contributed by atoms with Crippen LogP contribution in [0.15, 0.2) is 0 Å². The van der Waals surface area contributed by atoms with Gasteiger partial charge in [-0.1, -0.05) is 92.7 Å². The van der Waals surface area contributed by atoms with Crippen molar-refractivity contribution in [1.82, 2.24) is 0 Å². The third-order valence-corrected chi connectivity index (χ3v) is 20.7. The van der Waals surface area contributed by atoms with Gasteiger partial charge < -0.3 is 11.3 Å². The van der Waals surface area contributed by atoms with Crippen LogP contribution in [-0.2, 0) is 26.2 Å². The zero-order chi connectivity index (χ0) is 20.2. The fourth-order valence-corrected chi connectivity index (χ4v) is 24.7. The van der Waals surface area contributed by atoms with Crippen molar-refractivity contribution in [3.8, 4) is 0 Å². The summed E-state index contributed by atoms with van der Waals surface area (Å²) in [4.78, 5) is 0. The number of hydrogen-bond acceptors (Lipinski definition) is 0. The first-order valence-corrected chi connectivity index (χ1v) is 23.1. The molecule has 0 aromatic rings. The van der Waals surface area contributed by atoms with E-state index in [4.69, 9.17) is 0 Å². The zero-order valence-corrected chi connectivity index (χ0v) is 25.7. The van der Waals surface area contributed by atoms with Crippen molar-refractivity contribution in [2.24, 2.45) is 0 Å². The summed E-state index contributed by atoms with van der Waals surface area (Å²) in [5, 5.41) is 0. The molecule has 0 aromatic heterocycles. The minimum absolute atomic E-state index is 0. The summed E-state index contributed by atoms with van der Waals surface area (Å²) in [7, 11) is -4.48. The van der Waals surface area contributed by atoms with Crippen LogP contribution in [0.2, 0.25) is 65.5 Å². The SMILES string of the molecule is C[Si](C)(C)[CH-][Si](C)(C)[C]1[CH][CH][CH][CH]1.C[Si](C)(C)[CH-][Si](C)(C)[C]1[CH][CH][CH][CH]1.[Zr+4]. The second-order valence-corrected chi connectivity index (χ2v) is 30.6. The molecule has 0 unspecified atom stereocenters. The van der Waals surface area contributed by atoms with E-state index in [-0.39, 0.29) is 26.2 Å². The summed E-state index contributed by atoms with van der Waals surface area (Å²) in [6.45, 7) is 24.3. The molecule has 0 saturated heterocycles. The van der Waals surface area contributed by atoms with Crippen LogP contribution >= 0.6 is 0 Å². The molecule has 0 spiro atoms. The smallest absolute Gasteiger partial charge is 0.326 e. The third-order valence-electron chi connectivity index (χ3n) is 4.40. The number of rotatable bonds is 6. The molecular weight excluding hydrogens is 468 g/mol. The van der Waals surface area contributed by atoms with E-state index in [1.165, 1.54) is 0 Å². The van der Waals surface area contributed by atoms with Gasteiger partial charge in [0, 0.05) is 0 Å². The van der Waals surface area contributed by atoms with Gasteiger partial charge in [0.2, 0.25) is 0 Å². The van der Waals surface area contributed by atoms with Gasteiger partial charge in [-0.25, -0.2) is 0 Å². The molecule has 0 N–H and O–H groups in total. The molecule has 0 nitrogen and oxygen atoms in total. The van der Waals surface area contributed by atoms with E-state index < -0.39 is 32.3 Å². The molecule has 2 aliphatic carbocycles. The summed E-state index contributed by atoms with van der Waals surface area (Å²) >= 11 is 0. The van der Waals surface area contributed by atoms with Crippen LogP contribution in [0.5, 0.6) is 0 Å². The quantitative estimate of drug-likeness (QED) is 0.283. The van der Waals surface area contributed by atoms with E-state index in [0.717, 1.165) is 0 Å². The van der Waals surface area contributed by atoms with Crippen molar-refractivity contribution in [1.29, 1.82) is 0 Å². The van der Waals surface area contributed by atoms with Gasteiger partial charge in [-0.2, -0.15) is 0 Å². The molecule has 2 fully saturated rings. The standard InChI is InChI=1S/2C11H20Si2.Zr/c2*1-12(2,3)10-13(4,5)11-8-6-7-9-11;/h2*6-10H,1-5H3;/q2*-1;+4. The van der Waals surface area contributed by atoms with Gasteiger partial charge in [-0.15, -0.1) is 16.1 Å². The Morgan fingerprint density at radius 1 is 0.481 bits per heavy atom. The topological polar surface area (TPSA) is 0 Å². The maximum Gasteiger partial charge on any atom is 4.00 e. The normalized spacial score (nSPS) is 20.2. The molecule has 0 bridgehead atoms. The molecule has 0 aromatic carbocycles. The fraction of sp³-hybridized carbons (Fsp3) is 0.455. The van der Waals surface area contributed by atoms with Crippen LogP contribution in [0.3, 0.4) is 0 Å². The maximum atomic E-state index is 2.69. The first-order chi connectivity index (χ1) is 11.6. The van der Waals surface area contributed by atoms with Crippen molar-refractivity contribution in [3.05, 3.63) is 73.8 Å². The van der Waals surface area contributed by atoms with Crippen LogP contribution in [0, 0.1) is 73.8 Å². The van der Waals surface area contributed by atoms with Gasteiger partial charge in [-0.3, -0.25) is 0 Å². The molecule has 10 radical (unpaired) electrons. The molecule has 0 heterocycles. The van der Waals surface area contributed by atoms with Gasteiger partial charge in [0.15, 0.2) is 0 Å². The van der Waals surface area contributed by atoms with Crippen LogP contribution in [0.1, 0.15) is 0 Å². The van der Waals surface area contributed by atoms with Crippen molar-refractivity contribution in [2.45, 2.75) is 65.5 Å². The van der Waals surface area contributed by atoms with Gasteiger partial charge in [0.05, 0.1) is 0 Å². The number of hydrogen-bond donors (Lipinski definition) is 0. The molecule has 0 atom stereocenters. The first-order valence-electron chi connectivity index (χ1n) is 9.81. The van der Waals surface area contributed by atoms with Crippen molar-refractivity contribution < 1.29 is 26.2 Å². The first kappa shape index (κ1) is 28.8. The predicted octanol–water partition coefficient (Wildman–Crippen LogP) is 6.52. The summed E-state index contributed by atoms with van der Waals surface area (Å²) in [6.07, 6.45) is 17.7. The molecule has 27 heavy (non-hydrogen) atoms. The molecule has 2 aliphatic rings. The van der Waals surface area contributed by atoms with Crippen molar-refractivity contribution >= 4 is 32.3 Å². The molecule has 5 heteroatoms. The Bertz CT molecular complexity index is 369. The molecular formula is C22H40Si4Zr+2. The maximum absolute atomic E-state index is 2.69. The average Bonchev–Trinajstić information content (AvgIpc) is 3.09. The van der Waals surface area contributed by atoms with E-state index in [1.807, 2.05) is 0 Å². The fourth-order valence-electron chi connectivity index (χ4n) is 3.94. The van der Waals surface area contributed by atoms with Gasteiger partial charge in [-0.05, 0) is 51.4 Å². The van der Waals surface area contributed by atoms with Gasteiger partial charge in [0.25, 0.3) is 0 Å². The minimum atomic E-state index is -1.23. The molecule has 2 rings (SSSR count). The summed E-state index contributed by atoms with van der Waals surface area (Å²) in [6, 6.07) is 0. The molecule has 0 amide bonds. The summed E-state index contributed by atoms with van der Waals surface area (Å²) in [5.41, 5.74) is 8.54. The largest absolute Gasteiger partial charge is 4.00 e. The summed E-state index contributed by atoms with van der Waals surface area (Å²) < 4.78 is 0. The zero-order valence-electron chi connectivity index (χ0n) is 19.3.